The van der Waals surface area contributed by atoms with Gasteiger partial charge in [0.15, 0.2) is 0 Å². The first-order chi connectivity index (χ1) is 7.99. The Morgan fingerprint density at radius 1 is 1.29 bits per heavy atom. The van der Waals surface area contributed by atoms with E-state index in [1.54, 1.807) is 0 Å². The highest BCUT2D eigenvalue weighted by molar-refractivity contribution is 6.42. The monoisotopic (exact) mass is 238 g/mol. The molecule has 0 saturated carbocycles. The van der Waals surface area contributed by atoms with Gasteiger partial charge >= 0.3 is 6.03 Å². The van der Waals surface area contributed by atoms with E-state index in [0.717, 1.165) is 0 Å². The smallest absolute Gasteiger partial charge is 0.332 e. The van der Waals surface area contributed by atoms with Gasteiger partial charge in [0.25, 0.3) is 5.91 Å². The Morgan fingerprint density at radius 3 is 2.41 bits per heavy atom. The van der Waals surface area contributed by atoms with E-state index in [1.165, 1.54) is 31.2 Å². The molecule has 0 fully saturated rings. The van der Waals surface area contributed by atoms with E-state index in [-0.39, 0.29) is 5.71 Å². The first kappa shape index (κ1) is 12.6. The number of hydrogen-bond acceptors (Lipinski definition) is 3. The number of nitrogens with two attached hydrogens (primary N) is 1. The lowest BCUT2D eigenvalue weighted by Crippen LogP contribution is -2.29. The number of amides is 3. The van der Waals surface area contributed by atoms with Gasteiger partial charge in [-0.1, -0.05) is 0 Å². The third-order valence-electron chi connectivity index (χ3n) is 1.76. The Kier molecular flexibility index (Phi) is 4.15. The predicted molar refractivity (Wildman–Crippen MR) is 60.9 cm³/mol. The Bertz CT molecular complexity index is 456. The van der Waals surface area contributed by atoms with Gasteiger partial charge in [-0.25, -0.2) is 14.6 Å². The first-order valence-corrected chi connectivity index (χ1v) is 4.65. The molecule has 17 heavy (non-hydrogen) atoms. The SMILES string of the molecule is CC(=NNC(N)=O)C(=O)Nc1ccc(F)cc1. The minimum atomic E-state index is -0.862. The first-order valence-electron chi connectivity index (χ1n) is 4.65. The number of rotatable bonds is 3. The summed E-state index contributed by atoms with van der Waals surface area (Å²) in [5.74, 6) is -0.922. The van der Waals surface area contributed by atoms with Crippen LogP contribution in [-0.4, -0.2) is 17.6 Å². The highest BCUT2D eigenvalue weighted by Gasteiger charge is 2.06. The van der Waals surface area contributed by atoms with Crippen LogP contribution in [0.3, 0.4) is 0 Å². The molecule has 7 heteroatoms. The molecule has 0 saturated heterocycles. The van der Waals surface area contributed by atoms with E-state index < -0.39 is 17.8 Å². The number of nitrogens with zero attached hydrogens (tertiary/aromatic N) is 1. The number of benzene rings is 1. The van der Waals surface area contributed by atoms with Crippen molar-refractivity contribution < 1.29 is 14.0 Å². The molecule has 3 amide bonds. The molecule has 0 unspecified atom stereocenters. The number of hydrazone groups is 1. The summed E-state index contributed by atoms with van der Waals surface area (Å²) in [5.41, 5.74) is 7.15. The second-order valence-electron chi connectivity index (χ2n) is 3.13. The summed E-state index contributed by atoms with van der Waals surface area (Å²) in [4.78, 5) is 21.8. The van der Waals surface area contributed by atoms with Crippen LogP contribution in [0.4, 0.5) is 14.9 Å². The minimum absolute atomic E-state index is 0.0214. The lowest BCUT2D eigenvalue weighted by Gasteiger charge is -2.04. The van der Waals surface area contributed by atoms with Crippen LogP contribution in [0.25, 0.3) is 0 Å². The zero-order valence-electron chi connectivity index (χ0n) is 9.03. The maximum atomic E-state index is 12.6. The maximum Gasteiger partial charge on any atom is 0.332 e. The van der Waals surface area contributed by atoms with E-state index in [2.05, 4.69) is 10.4 Å². The summed E-state index contributed by atoms with van der Waals surface area (Å²) in [6.45, 7) is 1.40. The number of carbonyl (C=O) groups is 2. The van der Waals surface area contributed by atoms with Gasteiger partial charge in [0.1, 0.15) is 11.5 Å². The van der Waals surface area contributed by atoms with Gasteiger partial charge in [0.05, 0.1) is 0 Å². The van der Waals surface area contributed by atoms with Crippen LogP contribution in [0.15, 0.2) is 29.4 Å². The van der Waals surface area contributed by atoms with Gasteiger partial charge in [0, 0.05) is 5.69 Å². The van der Waals surface area contributed by atoms with E-state index in [4.69, 9.17) is 5.73 Å². The van der Waals surface area contributed by atoms with Crippen molar-refractivity contribution in [1.82, 2.24) is 5.43 Å². The lowest BCUT2D eigenvalue weighted by molar-refractivity contribution is -0.110. The molecule has 0 heterocycles. The molecule has 0 aromatic heterocycles. The number of nitrogens with one attached hydrogen (secondary N) is 2. The molecule has 0 radical (unpaired) electrons. The third kappa shape index (κ3) is 4.29. The fourth-order valence-electron chi connectivity index (χ4n) is 0.944. The highest BCUT2D eigenvalue weighted by atomic mass is 19.1. The number of hydrogen-bond donors (Lipinski definition) is 3. The molecule has 0 spiro atoms. The highest BCUT2D eigenvalue weighted by Crippen LogP contribution is 2.07. The lowest BCUT2D eigenvalue weighted by atomic mass is 10.3. The fourth-order valence-corrected chi connectivity index (χ4v) is 0.944. The molecular weight excluding hydrogens is 227 g/mol. The van der Waals surface area contributed by atoms with Crippen LogP contribution in [-0.2, 0) is 4.79 Å². The van der Waals surface area contributed by atoms with Crippen LogP contribution < -0.4 is 16.5 Å². The van der Waals surface area contributed by atoms with Crippen LogP contribution in [0.5, 0.6) is 0 Å². The Labute approximate surface area is 96.7 Å². The summed E-state index contributed by atoms with van der Waals surface area (Å²) in [7, 11) is 0. The average molecular weight is 238 g/mol. The van der Waals surface area contributed by atoms with Crippen molar-refractivity contribution in [2.75, 3.05) is 5.32 Å². The van der Waals surface area contributed by atoms with Crippen LogP contribution in [0, 0.1) is 5.82 Å². The average Bonchev–Trinajstić information content (AvgIpc) is 2.28. The molecule has 0 aliphatic rings. The third-order valence-corrected chi connectivity index (χ3v) is 1.76. The molecule has 0 aliphatic carbocycles. The van der Waals surface area contributed by atoms with Crippen molar-refractivity contribution in [2.24, 2.45) is 10.8 Å². The van der Waals surface area contributed by atoms with Crippen LogP contribution in [0.2, 0.25) is 0 Å². The van der Waals surface area contributed by atoms with Gasteiger partial charge in [-0.05, 0) is 31.2 Å². The van der Waals surface area contributed by atoms with E-state index in [1.807, 2.05) is 5.43 Å². The van der Waals surface area contributed by atoms with E-state index in [0.29, 0.717) is 5.69 Å². The van der Waals surface area contributed by atoms with E-state index >= 15 is 0 Å². The second kappa shape index (κ2) is 5.59. The molecule has 4 N–H and O–H groups in total. The molecule has 90 valence electrons. The molecule has 1 aromatic rings. The molecule has 0 aliphatic heterocycles. The van der Waals surface area contributed by atoms with Crippen LogP contribution in [0.1, 0.15) is 6.92 Å². The normalized spacial score (nSPS) is 10.8. The largest absolute Gasteiger partial charge is 0.350 e. The zero-order chi connectivity index (χ0) is 12.8. The summed E-state index contributed by atoms with van der Waals surface area (Å²) >= 11 is 0. The number of anilines is 1. The summed E-state index contributed by atoms with van der Waals surface area (Å²) < 4.78 is 12.6. The zero-order valence-corrected chi connectivity index (χ0v) is 9.03. The maximum absolute atomic E-state index is 12.6. The van der Waals surface area contributed by atoms with Gasteiger partial charge in [-0.2, -0.15) is 5.10 Å². The van der Waals surface area contributed by atoms with Crippen LogP contribution >= 0.6 is 0 Å². The summed E-state index contributed by atoms with van der Waals surface area (Å²) in [6.07, 6.45) is 0. The molecule has 6 nitrogen and oxygen atoms in total. The van der Waals surface area contributed by atoms with Crippen molar-refractivity contribution >= 4 is 23.3 Å². The predicted octanol–water partition coefficient (Wildman–Crippen LogP) is 0.808. The van der Waals surface area contributed by atoms with Crippen molar-refractivity contribution in [3.63, 3.8) is 0 Å². The molecule has 0 atom stereocenters. The van der Waals surface area contributed by atoms with Crippen molar-refractivity contribution in [3.05, 3.63) is 30.1 Å². The standard InChI is InChI=1S/C10H11FN4O2/c1-6(14-15-10(12)17)9(16)13-8-4-2-7(11)3-5-8/h2-5H,1H3,(H,13,16)(H3,12,15,17). The number of urea groups is 1. The molecular formula is C10H11FN4O2. The van der Waals surface area contributed by atoms with Gasteiger partial charge in [-0.15, -0.1) is 0 Å². The van der Waals surface area contributed by atoms with Crippen molar-refractivity contribution in [1.29, 1.82) is 0 Å². The summed E-state index contributed by atoms with van der Waals surface area (Å²) in [5, 5.41) is 5.91. The van der Waals surface area contributed by atoms with Gasteiger partial charge in [-0.3, -0.25) is 4.79 Å². The van der Waals surface area contributed by atoms with E-state index in [9.17, 15) is 14.0 Å². The topological polar surface area (TPSA) is 96.6 Å². The molecule has 1 aromatic carbocycles. The number of primary amides is 1. The van der Waals surface area contributed by atoms with Gasteiger partial charge in [0.2, 0.25) is 0 Å². The summed E-state index contributed by atoms with van der Waals surface area (Å²) in [6, 6.07) is 4.37. The number of carbonyl (C=O) groups excluding carboxylic acids is 2. The fraction of sp³-hybridized carbons (Fsp3) is 0.100. The Balaban J connectivity index is 2.63. The Morgan fingerprint density at radius 2 is 1.88 bits per heavy atom. The van der Waals surface area contributed by atoms with Crippen molar-refractivity contribution in [2.45, 2.75) is 6.92 Å². The molecule has 0 bridgehead atoms. The second-order valence-corrected chi connectivity index (χ2v) is 3.13. The van der Waals surface area contributed by atoms with Crippen molar-refractivity contribution in [3.8, 4) is 0 Å². The Hall–Kier alpha value is -2.44. The minimum Gasteiger partial charge on any atom is -0.350 e. The number of halogens is 1. The van der Waals surface area contributed by atoms with Gasteiger partial charge < -0.3 is 11.1 Å². The quantitative estimate of drug-likeness (QED) is 0.536. The molecule has 1 rings (SSSR count).